The molecule has 0 fully saturated rings. The highest BCUT2D eigenvalue weighted by molar-refractivity contribution is 5.73. The van der Waals surface area contributed by atoms with E-state index in [1.807, 2.05) is 13.8 Å². The zero-order chi connectivity index (χ0) is 14.4. The first-order chi connectivity index (χ1) is 8.90. The maximum atomic E-state index is 11.1. The molecule has 106 valence electrons. The first kappa shape index (κ1) is 15.7. The number of benzene rings is 1. The molecule has 0 saturated carbocycles. The van der Waals surface area contributed by atoms with Gasteiger partial charge in [0, 0.05) is 6.54 Å². The molecule has 0 aliphatic heterocycles. The second-order valence-corrected chi connectivity index (χ2v) is 5.80. The van der Waals surface area contributed by atoms with Crippen LogP contribution in [0, 0.1) is 5.92 Å². The number of hydrogen-bond donors (Lipinski definition) is 2. The van der Waals surface area contributed by atoms with Crippen molar-refractivity contribution in [2.45, 2.75) is 52.6 Å². The first-order valence-corrected chi connectivity index (χ1v) is 6.95. The van der Waals surface area contributed by atoms with Crippen molar-refractivity contribution in [3.8, 4) is 0 Å². The average molecular weight is 263 g/mol. The van der Waals surface area contributed by atoms with Gasteiger partial charge in [-0.1, -0.05) is 52.0 Å². The van der Waals surface area contributed by atoms with E-state index in [9.17, 15) is 4.79 Å². The Balaban J connectivity index is 2.56. The average Bonchev–Trinajstić information content (AvgIpc) is 2.34. The largest absolute Gasteiger partial charge is 0.480 e. The Labute approximate surface area is 116 Å². The van der Waals surface area contributed by atoms with Crippen molar-refractivity contribution in [1.29, 1.82) is 0 Å². The Morgan fingerprint density at radius 3 is 2.16 bits per heavy atom. The smallest absolute Gasteiger partial charge is 0.320 e. The topological polar surface area (TPSA) is 49.3 Å². The molecule has 0 amide bonds. The van der Waals surface area contributed by atoms with E-state index in [4.69, 9.17) is 5.11 Å². The molecule has 0 unspecified atom stereocenters. The Kier molecular flexibility index (Phi) is 6.03. The molecule has 1 atom stereocenters. The summed E-state index contributed by atoms with van der Waals surface area (Å²) in [4.78, 5) is 11.1. The second-order valence-electron chi connectivity index (χ2n) is 5.80. The minimum Gasteiger partial charge on any atom is -0.480 e. The third kappa shape index (κ3) is 5.43. The Bertz CT molecular complexity index is 396. The standard InChI is InChI=1S/C16H25NO2/c1-11(2)9-15(16(18)19)17-10-13-5-7-14(8-6-13)12(3)4/h5-8,11-12,15,17H,9-10H2,1-4H3,(H,18,19)/t15-/m0/s1. The summed E-state index contributed by atoms with van der Waals surface area (Å²) < 4.78 is 0. The van der Waals surface area contributed by atoms with Crippen LogP contribution in [-0.4, -0.2) is 17.1 Å². The molecule has 0 saturated heterocycles. The van der Waals surface area contributed by atoms with Crippen LogP contribution in [0.3, 0.4) is 0 Å². The van der Waals surface area contributed by atoms with Crippen LogP contribution in [0.25, 0.3) is 0 Å². The molecule has 0 radical (unpaired) electrons. The van der Waals surface area contributed by atoms with Gasteiger partial charge >= 0.3 is 5.97 Å². The third-order valence-corrected chi connectivity index (χ3v) is 3.20. The highest BCUT2D eigenvalue weighted by Gasteiger charge is 2.17. The van der Waals surface area contributed by atoms with Gasteiger partial charge < -0.3 is 10.4 Å². The molecular formula is C16H25NO2. The number of carboxylic acid groups (broad SMARTS) is 1. The van der Waals surface area contributed by atoms with Gasteiger partial charge in [-0.15, -0.1) is 0 Å². The molecule has 0 aliphatic carbocycles. The quantitative estimate of drug-likeness (QED) is 0.792. The fourth-order valence-corrected chi connectivity index (χ4v) is 2.00. The zero-order valence-corrected chi connectivity index (χ0v) is 12.3. The fourth-order valence-electron chi connectivity index (χ4n) is 2.00. The van der Waals surface area contributed by atoms with Gasteiger partial charge in [-0.05, 0) is 29.4 Å². The molecule has 1 aromatic rings. The van der Waals surface area contributed by atoms with Gasteiger partial charge in [0.15, 0.2) is 0 Å². The van der Waals surface area contributed by atoms with Crippen molar-refractivity contribution in [2.75, 3.05) is 0 Å². The van der Waals surface area contributed by atoms with Crippen LogP contribution in [0.1, 0.15) is 51.2 Å². The van der Waals surface area contributed by atoms with Crippen LogP contribution >= 0.6 is 0 Å². The van der Waals surface area contributed by atoms with E-state index in [-0.39, 0.29) is 0 Å². The van der Waals surface area contributed by atoms with E-state index < -0.39 is 12.0 Å². The van der Waals surface area contributed by atoms with E-state index in [1.165, 1.54) is 5.56 Å². The lowest BCUT2D eigenvalue weighted by Crippen LogP contribution is -2.37. The highest BCUT2D eigenvalue weighted by atomic mass is 16.4. The van der Waals surface area contributed by atoms with Crippen LogP contribution < -0.4 is 5.32 Å². The van der Waals surface area contributed by atoms with Gasteiger partial charge in [-0.25, -0.2) is 0 Å². The van der Waals surface area contributed by atoms with Crippen molar-refractivity contribution in [1.82, 2.24) is 5.32 Å². The monoisotopic (exact) mass is 263 g/mol. The van der Waals surface area contributed by atoms with Crippen LogP contribution in [-0.2, 0) is 11.3 Å². The van der Waals surface area contributed by atoms with Gasteiger partial charge in [0.25, 0.3) is 0 Å². The number of carbonyl (C=O) groups is 1. The second kappa shape index (κ2) is 7.29. The predicted molar refractivity (Wildman–Crippen MR) is 78.2 cm³/mol. The molecule has 19 heavy (non-hydrogen) atoms. The fraction of sp³-hybridized carbons (Fsp3) is 0.562. The van der Waals surface area contributed by atoms with Crippen molar-refractivity contribution in [3.05, 3.63) is 35.4 Å². The summed E-state index contributed by atoms with van der Waals surface area (Å²) in [6.45, 7) is 9.00. The number of carboxylic acids is 1. The van der Waals surface area contributed by atoms with Crippen molar-refractivity contribution in [2.24, 2.45) is 5.92 Å². The van der Waals surface area contributed by atoms with Crippen LogP contribution in [0.15, 0.2) is 24.3 Å². The van der Waals surface area contributed by atoms with Crippen LogP contribution in [0.5, 0.6) is 0 Å². The summed E-state index contributed by atoms with van der Waals surface area (Å²) in [7, 11) is 0. The number of hydrogen-bond acceptors (Lipinski definition) is 2. The summed E-state index contributed by atoms with van der Waals surface area (Å²) in [6.07, 6.45) is 0.652. The molecule has 0 heterocycles. The Morgan fingerprint density at radius 2 is 1.74 bits per heavy atom. The van der Waals surface area contributed by atoms with Gasteiger partial charge in [0.05, 0.1) is 0 Å². The van der Waals surface area contributed by atoms with Crippen molar-refractivity contribution >= 4 is 5.97 Å². The molecule has 0 bridgehead atoms. The summed E-state index contributed by atoms with van der Waals surface area (Å²) in [6, 6.07) is 7.89. The summed E-state index contributed by atoms with van der Waals surface area (Å²) in [5, 5.41) is 12.3. The van der Waals surface area contributed by atoms with E-state index in [0.29, 0.717) is 24.8 Å². The van der Waals surface area contributed by atoms with E-state index >= 15 is 0 Å². The summed E-state index contributed by atoms with van der Waals surface area (Å²) in [5.74, 6) is 0.124. The van der Waals surface area contributed by atoms with Gasteiger partial charge in [-0.3, -0.25) is 4.79 Å². The number of nitrogens with one attached hydrogen (secondary N) is 1. The highest BCUT2D eigenvalue weighted by Crippen LogP contribution is 2.15. The Hall–Kier alpha value is -1.35. The number of aliphatic carboxylic acids is 1. The lowest BCUT2D eigenvalue weighted by molar-refractivity contribution is -0.140. The zero-order valence-electron chi connectivity index (χ0n) is 12.3. The van der Waals surface area contributed by atoms with Gasteiger partial charge in [0.1, 0.15) is 6.04 Å². The van der Waals surface area contributed by atoms with Crippen molar-refractivity contribution < 1.29 is 9.90 Å². The maximum absolute atomic E-state index is 11.1. The van der Waals surface area contributed by atoms with Crippen molar-refractivity contribution in [3.63, 3.8) is 0 Å². The predicted octanol–water partition coefficient (Wildman–Crippen LogP) is 3.40. The summed E-state index contributed by atoms with van der Waals surface area (Å²) >= 11 is 0. The molecular weight excluding hydrogens is 238 g/mol. The Morgan fingerprint density at radius 1 is 1.16 bits per heavy atom. The SMILES string of the molecule is CC(C)C[C@H](NCc1ccc(C(C)C)cc1)C(=O)O. The normalized spacial score (nSPS) is 12.9. The van der Waals surface area contributed by atoms with Gasteiger partial charge in [0.2, 0.25) is 0 Å². The van der Waals surface area contributed by atoms with E-state index in [1.54, 1.807) is 0 Å². The molecule has 3 heteroatoms. The summed E-state index contributed by atoms with van der Waals surface area (Å²) in [5.41, 5.74) is 2.43. The lowest BCUT2D eigenvalue weighted by Gasteiger charge is -2.16. The van der Waals surface area contributed by atoms with E-state index in [2.05, 4.69) is 43.4 Å². The molecule has 1 aromatic carbocycles. The molecule has 0 spiro atoms. The van der Waals surface area contributed by atoms with Gasteiger partial charge in [-0.2, -0.15) is 0 Å². The minimum atomic E-state index is -0.771. The molecule has 2 N–H and O–H groups in total. The maximum Gasteiger partial charge on any atom is 0.320 e. The third-order valence-electron chi connectivity index (χ3n) is 3.20. The number of rotatable bonds is 7. The van der Waals surface area contributed by atoms with Crippen LogP contribution in [0.2, 0.25) is 0 Å². The van der Waals surface area contributed by atoms with Crippen LogP contribution in [0.4, 0.5) is 0 Å². The lowest BCUT2D eigenvalue weighted by atomic mass is 10.0. The molecule has 0 aromatic heterocycles. The molecule has 3 nitrogen and oxygen atoms in total. The van der Waals surface area contributed by atoms with E-state index in [0.717, 1.165) is 5.56 Å². The molecule has 1 rings (SSSR count). The molecule has 0 aliphatic rings. The first-order valence-electron chi connectivity index (χ1n) is 6.95. The minimum absolute atomic E-state index is 0.372.